The Bertz CT molecular complexity index is 87.1. The fourth-order valence-electron chi connectivity index (χ4n) is 1.28. The standard InChI is InChI=1S/C6H13NO2/c8-6-3-1-2-5(4-6)7-9/h5-9H,1-4H2. The van der Waals surface area contributed by atoms with E-state index in [9.17, 15) is 0 Å². The quantitative estimate of drug-likeness (QED) is 0.448. The highest BCUT2D eigenvalue weighted by molar-refractivity contribution is 4.74. The molecule has 0 heterocycles. The minimum absolute atomic E-state index is 0.119. The molecular weight excluding hydrogens is 118 g/mol. The van der Waals surface area contributed by atoms with Crippen LogP contribution >= 0.6 is 0 Å². The maximum atomic E-state index is 9.06. The van der Waals surface area contributed by atoms with Gasteiger partial charge in [-0.2, -0.15) is 0 Å². The van der Waals surface area contributed by atoms with E-state index in [0.717, 1.165) is 19.3 Å². The molecule has 2 atom stereocenters. The van der Waals surface area contributed by atoms with Crippen molar-refractivity contribution < 1.29 is 10.3 Å². The maximum Gasteiger partial charge on any atom is 0.0556 e. The Balaban J connectivity index is 2.23. The van der Waals surface area contributed by atoms with Crippen LogP contribution in [0, 0.1) is 0 Å². The SMILES string of the molecule is ONC1CCCC(O)C1. The lowest BCUT2D eigenvalue weighted by molar-refractivity contribution is 0.0519. The van der Waals surface area contributed by atoms with Gasteiger partial charge in [0.2, 0.25) is 0 Å². The van der Waals surface area contributed by atoms with Crippen molar-refractivity contribution in [1.29, 1.82) is 0 Å². The Hall–Kier alpha value is -0.120. The predicted octanol–water partition coefficient (Wildman–Crippen LogP) is 0.269. The number of nitrogens with one attached hydrogen (secondary N) is 1. The highest BCUT2D eigenvalue weighted by atomic mass is 16.5. The Morgan fingerprint density at radius 1 is 1.33 bits per heavy atom. The number of rotatable bonds is 1. The average Bonchev–Trinajstić information content (AvgIpc) is 1.88. The molecule has 2 unspecified atom stereocenters. The third-order valence-electron chi connectivity index (χ3n) is 1.83. The highest BCUT2D eigenvalue weighted by Crippen LogP contribution is 2.17. The molecule has 0 spiro atoms. The van der Waals surface area contributed by atoms with Crippen LogP contribution in [0.4, 0.5) is 0 Å². The number of hydroxylamine groups is 1. The van der Waals surface area contributed by atoms with Crippen molar-refractivity contribution >= 4 is 0 Å². The maximum absolute atomic E-state index is 9.06. The van der Waals surface area contributed by atoms with Crippen molar-refractivity contribution in [2.45, 2.75) is 37.8 Å². The third kappa shape index (κ3) is 1.93. The molecule has 0 aromatic rings. The van der Waals surface area contributed by atoms with Crippen molar-refractivity contribution in [3.63, 3.8) is 0 Å². The zero-order valence-corrected chi connectivity index (χ0v) is 5.38. The van der Waals surface area contributed by atoms with Crippen molar-refractivity contribution in [1.82, 2.24) is 5.48 Å². The van der Waals surface area contributed by atoms with E-state index in [0.29, 0.717) is 6.42 Å². The Morgan fingerprint density at radius 2 is 2.11 bits per heavy atom. The number of hydrogen-bond acceptors (Lipinski definition) is 3. The van der Waals surface area contributed by atoms with Gasteiger partial charge in [0, 0.05) is 6.04 Å². The second kappa shape index (κ2) is 3.15. The van der Waals surface area contributed by atoms with Gasteiger partial charge < -0.3 is 10.3 Å². The van der Waals surface area contributed by atoms with E-state index in [2.05, 4.69) is 5.48 Å². The summed E-state index contributed by atoms with van der Waals surface area (Å²) in [5.41, 5.74) is 2.17. The molecule has 0 bridgehead atoms. The molecule has 1 aliphatic rings. The molecule has 0 amide bonds. The van der Waals surface area contributed by atoms with Crippen molar-refractivity contribution in [2.24, 2.45) is 0 Å². The van der Waals surface area contributed by atoms with E-state index in [1.54, 1.807) is 0 Å². The molecule has 0 aromatic heterocycles. The highest BCUT2D eigenvalue weighted by Gasteiger charge is 2.18. The molecule has 3 N–H and O–H groups in total. The molecule has 0 saturated heterocycles. The molecule has 1 fully saturated rings. The summed E-state index contributed by atoms with van der Waals surface area (Å²) in [6.07, 6.45) is 3.37. The Kier molecular flexibility index (Phi) is 2.45. The van der Waals surface area contributed by atoms with Crippen LogP contribution in [0.1, 0.15) is 25.7 Å². The largest absolute Gasteiger partial charge is 0.393 e. The Morgan fingerprint density at radius 3 is 2.56 bits per heavy atom. The first-order chi connectivity index (χ1) is 4.33. The average molecular weight is 131 g/mol. The van der Waals surface area contributed by atoms with Gasteiger partial charge in [-0.3, -0.25) is 0 Å². The van der Waals surface area contributed by atoms with Crippen LogP contribution in [0.3, 0.4) is 0 Å². The summed E-state index contributed by atoms with van der Waals surface area (Å²) >= 11 is 0. The van der Waals surface area contributed by atoms with Crippen LogP contribution < -0.4 is 5.48 Å². The van der Waals surface area contributed by atoms with Gasteiger partial charge in [-0.25, -0.2) is 5.48 Å². The van der Waals surface area contributed by atoms with Gasteiger partial charge in [-0.05, 0) is 25.7 Å². The van der Waals surface area contributed by atoms with Gasteiger partial charge in [0.1, 0.15) is 0 Å². The molecule has 1 saturated carbocycles. The van der Waals surface area contributed by atoms with Gasteiger partial charge in [0.25, 0.3) is 0 Å². The monoisotopic (exact) mass is 131 g/mol. The fourth-order valence-corrected chi connectivity index (χ4v) is 1.28. The molecule has 3 heteroatoms. The number of hydrogen-bond donors (Lipinski definition) is 3. The minimum atomic E-state index is -0.205. The number of aliphatic hydroxyl groups excluding tert-OH is 1. The van der Waals surface area contributed by atoms with Gasteiger partial charge in [0.15, 0.2) is 0 Å². The van der Waals surface area contributed by atoms with Gasteiger partial charge >= 0.3 is 0 Å². The molecule has 3 nitrogen and oxygen atoms in total. The molecule has 0 radical (unpaired) electrons. The topological polar surface area (TPSA) is 52.5 Å². The second-order valence-electron chi connectivity index (χ2n) is 2.65. The predicted molar refractivity (Wildman–Crippen MR) is 33.2 cm³/mol. The fraction of sp³-hybridized carbons (Fsp3) is 1.00. The van der Waals surface area contributed by atoms with E-state index in [1.165, 1.54) is 0 Å². The summed E-state index contributed by atoms with van der Waals surface area (Å²) in [6.45, 7) is 0. The summed E-state index contributed by atoms with van der Waals surface area (Å²) in [4.78, 5) is 0. The summed E-state index contributed by atoms with van der Waals surface area (Å²) in [6, 6.07) is 0.119. The first-order valence-corrected chi connectivity index (χ1v) is 3.40. The summed E-state index contributed by atoms with van der Waals surface area (Å²) in [7, 11) is 0. The van der Waals surface area contributed by atoms with Crippen LogP contribution in [-0.4, -0.2) is 22.5 Å². The number of aliphatic hydroxyl groups is 1. The van der Waals surface area contributed by atoms with E-state index in [-0.39, 0.29) is 12.1 Å². The summed E-state index contributed by atoms with van der Waals surface area (Å²) in [5, 5.41) is 17.5. The van der Waals surface area contributed by atoms with Gasteiger partial charge in [-0.15, -0.1) is 0 Å². The smallest absolute Gasteiger partial charge is 0.0556 e. The minimum Gasteiger partial charge on any atom is -0.393 e. The van der Waals surface area contributed by atoms with Crippen LogP contribution in [-0.2, 0) is 0 Å². The summed E-state index contributed by atoms with van der Waals surface area (Å²) in [5.74, 6) is 0. The van der Waals surface area contributed by atoms with E-state index in [4.69, 9.17) is 10.3 Å². The molecule has 54 valence electrons. The van der Waals surface area contributed by atoms with Crippen LogP contribution in [0.5, 0.6) is 0 Å². The molecule has 1 rings (SSSR count). The van der Waals surface area contributed by atoms with Crippen LogP contribution in [0.15, 0.2) is 0 Å². The zero-order valence-electron chi connectivity index (χ0n) is 5.38. The van der Waals surface area contributed by atoms with Gasteiger partial charge in [0.05, 0.1) is 6.10 Å². The lowest BCUT2D eigenvalue weighted by Crippen LogP contribution is -2.33. The second-order valence-corrected chi connectivity index (χ2v) is 2.65. The van der Waals surface area contributed by atoms with Crippen LogP contribution in [0.2, 0.25) is 0 Å². The first-order valence-electron chi connectivity index (χ1n) is 3.40. The molecular formula is C6H13NO2. The molecule has 0 aliphatic heterocycles. The lowest BCUT2D eigenvalue weighted by Gasteiger charge is -2.23. The van der Waals surface area contributed by atoms with Crippen molar-refractivity contribution in [2.75, 3.05) is 0 Å². The van der Waals surface area contributed by atoms with Crippen molar-refractivity contribution in [3.8, 4) is 0 Å². The molecule has 9 heavy (non-hydrogen) atoms. The molecule has 0 aromatic carbocycles. The van der Waals surface area contributed by atoms with E-state index in [1.807, 2.05) is 0 Å². The third-order valence-corrected chi connectivity index (χ3v) is 1.83. The summed E-state index contributed by atoms with van der Waals surface area (Å²) < 4.78 is 0. The normalized spacial score (nSPS) is 36.7. The van der Waals surface area contributed by atoms with Gasteiger partial charge in [-0.1, -0.05) is 0 Å². The van der Waals surface area contributed by atoms with E-state index >= 15 is 0 Å². The lowest BCUT2D eigenvalue weighted by atomic mass is 9.94. The molecule has 1 aliphatic carbocycles. The zero-order chi connectivity index (χ0) is 6.69. The van der Waals surface area contributed by atoms with Crippen LogP contribution in [0.25, 0.3) is 0 Å². The Labute approximate surface area is 54.7 Å². The van der Waals surface area contributed by atoms with E-state index < -0.39 is 0 Å². The first kappa shape index (κ1) is 6.99. The van der Waals surface area contributed by atoms with Crippen molar-refractivity contribution in [3.05, 3.63) is 0 Å².